The van der Waals surface area contributed by atoms with E-state index in [0.717, 1.165) is 18.3 Å². The molecular formula is C22H17F5N4O3. The van der Waals surface area contributed by atoms with Crippen LogP contribution in [-0.4, -0.2) is 46.5 Å². The number of amides is 1. The largest absolute Gasteiger partial charge is 0.573 e. The predicted octanol–water partition coefficient (Wildman–Crippen LogP) is 4.14. The molecular weight excluding hydrogens is 463 g/mol. The average Bonchev–Trinajstić information content (AvgIpc) is 3.20. The van der Waals surface area contributed by atoms with E-state index < -0.39 is 35.8 Å². The molecule has 1 aliphatic rings. The molecule has 3 aromatic rings. The first-order valence-corrected chi connectivity index (χ1v) is 10.00. The second kappa shape index (κ2) is 9.21. The highest BCUT2D eigenvalue weighted by molar-refractivity contribution is 6.05. The van der Waals surface area contributed by atoms with Crippen LogP contribution in [-0.2, 0) is 0 Å². The standard InChI is InChI=1S/C22H17F5N4O3/c23-14-5-12(8-28-10-14)17-6-13(9-29-20(17)31-4-3-16(32)11-31)21(33)30-15-1-2-19(18(24)7-15)34-22(25,26)27/h1-2,5-10,16,32H,3-4,11H2,(H,30,33). The number of nitrogens with one attached hydrogen (secondary N) is 1. The summed E-state index contributed by atoms with van der Waals surface area (Å²) in [5.41, 5.74) is 0.642. The van der Waals surface area contributed by atoms with Gasteiger partial charge in [0, 0.05) is 48.4 Å². The van der Waals surface area contributed by atoms with Crippen molar-refractivity contribution < 1.29 is 36.6 Å². The van der Waals surface area contributed by atoms with Crippen LogP contribution < -0.4 is 15.0 Å². The van der Waals surface area contributed by atoms with Crippen molar-refractivity contribution in [2.75, 3.05) is 23.3 Å². The summed E-state index contributed by atoms with van der Waals surface area (Å²) in [7, 11) is 0. The van der Waals surface area contributed by atoms with E-state index in [4.69, 9.17) is 0 Å². The third kappa shape index (κ3) is 5.39. The van der Waals surface area contributed by atoms with Crippen molar-refractivity contribution >= 4 is 17.4 Å². The van der Waals surface area contributed by atoms with Crippen molar-refractivity contribution in [3.63, 3.8) is 0 Å². The Kier molecular flexibility index (Phi) is 6.33. The summed E-state index contributed by atoms with van der Waals surface area (Å²) in [6, 6.07) is 5.13. The lowest BCUT2D eigenvalue weighted by Gasteiger charge is -2.21. The Hall–Kier alpha value is -3.80. The van der Waals surface area contributed by atoms with Crippen LogP contribution in [0, 0.1) is 11.6 Å². The van der Waals surface area contributed by atoms with Crippen LogP contribution >= 0.6 is 0 Å². The van der Waals surface area contributed by atoms with E-state index >= 15 is 0 Å². The number of carbonyl (C=O) groups is 1. The maximum absolute atomic E-state index is 14.0. The monoisotopic (exact) mass is 480 g/mol. The number of rotatable bonds is 5. The Labute approximate surface area is 189 Å². The lowest BCUT2D eigenvalue weighted by atomic mass is 10.1. The number of aliphatic hydroxyl groups excluding tert-OH is 1. The van der Waals surface area contributed by atoms with Crippen LogP contribution in [0.15, 0.2) is 48.9 Å². The minimum Gasteiger partial charge on any atom is -0.403 e. The molecule has 1 aromatic carbocycles. The molecule has 4 rings (SSSR count). The van der Waals surface area contributed by atoms with E-state index in [1.807, 2.05) is 0 Å². The van der Waals surface area contributed by atoms with Crippen LogP contribution in [0.4, 0.5) is 33.5 Å². The minimum atomic E-state index is -5.06. The Bertz CT molecular complexity index is 1220. The number of halogens is 5. The second-order valence-electron chi connectivity index (χ2n) is 7.52. The topological polar surface area (TPSA) is 87.6 Å². The zero-order valence-electron chi connectivity index (χ0n) is 17.3. The number of nitrogens with zero attached hydrogens (tertiary/aromatic N) is 3. The Morgan fingerprint density at radius 1 is 1.15 bits per heavy atom. The smallest absolute Gasteiger partial charge is 0.403 e. The Morgan fingerprint density at radius 2 is 1.94 bits per heavy atom. The molecule has 0 bridgehead atoms. The van der Waals surface area contributed by atoms with Crippen molar-refractivity contribution in [1.82, 2.24) is 9.97 Å². The van der Waals surface area contributed by atoms with Crippen molar-refractivity contribution in [2.24, 2.45) is 0 Å². The van der Waals surface area contributed by atoms with E-state index in [9.17, 15) is 31.9 Å². The number of ether oxygens (including phenoxy) is 1. The van der Waals surface area contributed by atoms with Gasteiger partial charge in [0.25, 0.3) is 5.91 Å². The molecule has 7 nitrogen and oxygen atoms in total. The number of aliphatic hydroxyl groups is 1. The highest BCUT2D eigenvalue weighted by atomic mass is 19.4. The van der Waals surface area contributed by atoms with Gasteiger partial charge in [0.1, 0.15) is 11.6 Å². The molecule has 1 aliphatic heterocycles. The van der Waals surface area contributed by atoms with Crippen LogP contribution in [0.5, 0.6) is 5.75 Å². The molecule has 0 radical (unpaired) electrons. The van der Waals surface area contributed by atoms with Crippen LogP contribution in [0.1, 0.15) is 16.8 Å². The Morgan fingerprint density at radius 3 is 2.59 bits per heavy atom. The lowest BCUT2D eigenvalue weighted by Crippen LogP contribution is -2.23. The Balaban J connectivity index is 1.62. The normalized spacial score (nSPS) is 15.9. The number of aromatic nitrogens is 2. The summed E-state index contributed by atoms with van der Waals surface area (Å²) < 4.78 is 68.3. The fourth-order valence-electron chi connectivity index (χ4n) is 3.53. The third-order valence-corrected chi connectivity index (χ3v) is 5.02. The van der Waals surface area contributed by atoms with Gasteiger partial charge in [0.2, 0.25) is 0 Å². The summed E-state index contributed by atoms with van der Waals surface area (Å²) in [6.07, 6.45) is -1.43. The van der Waals surface area contributed by atoms with Crippen LogP contribution in [0.3, 0.4) is 0 Å². The van der Waals surface area contributed by atoms with Gasteiger partial charge >= 0.3 is 6.36 Å². The van der Waals surface area contributed by atoms with Gasteiger partial charge in [-0.2, -0.15) is 0 Å². The number of alkyl halides is 3. The number of benzene rings is 1. The van der Waals surface area contributed by atoms with E-state index in [1.54, 1.807) is 4.90 Å². The van der Waals surface area contributed by atoms with E-state index in [2.05, 4.69) is 20.0 Å². The molecule has 2 N–H and O–H groups in total. The molecule has 1 atom stereocenters. The van der Waals surface area contributed by atoms with Gasteiger partial charge in [-0.1, -0.05) is 0 Å². The van der Waals surface area contributed by atoms with Gasteiger partial charge in [-0.15, -0.1) is 13.2 Å². The number of pyridine rings is 2. The van der Waals surface area contributed by atoms with Crippen LogP contribution in [0.2, 0.25) is 0 Å². The maximum atomic E-state index is 14.0. The van der Waals surface area contributed by atoms with E-state index in [-0.39, 0.29) is 11.3 Å². The highest BCUT2D eigenvalue weighted by Gasteiger charge is 2.32. The van der Waals surface area contributed by atoms with Gasteiger partial charge in [-0.25, -0.2) is 13.8 Å². The zero-order chi connectivity index (χ0) is 24.5. The zero-order valence-corrected chi connectivity index (χ0v) is 17.3. The first kappa shape index (κ1) is 23.4. The van der Waals surface area contributed by atoms with Crippen molar-refractivity contribution in [3.05, 3.63) is 66.1 Å². The third-order valence-electron chi connectivity index (χ3n) is 5.02. The van der Waals surface area contributed by atoms with Gasteiger partial charge in [-0.05, 0) is 30.7 Å². The molecule has 3 heterocycles. The number of anilines is 2. The molecule has 0 saturated carbocycles. The SMILES string of the molecule is O=C(Nc1ccc(OC(F)(F)F)c(F)c1)c1cnc(N2CCC(O)C2)c(-c2cncc(F)c2)c1. The van der Waals surface area contributed by atoms with Crippen molar-refractivity contribution in [1.29, 1.82) is 0 Å². The van der Waals surface area contributed by atoms with Crippen molar-refractivity contribution in [2.45, 2.75) is 18.9 Å². The fraction of sp³-hybridized carbons (Fsp3) is 0.227. The number of hydrogen-bond acceptors (Lipinski definition) is 6. The molecule has 1 unspecified atom stereocenters. The molecule has 1 amide bonds. The molecule has 178 valence electrons. The quantitative estimate of drug-likeness (QED) is 0.534. The maximum Gasteiger partial charge on any atom is 0.573 e. The molecule has 1 fully saturated rings. The predicted molar refractivity (Wildman–Crippen MR) is 111 cm³/mol. The summed E-state index contributed by atoms with van der Waals surface area (Å²) in [5.74, 6) is -3.26. The van der Waals surface area contributed by atoms with Crippen LogP contribution in [0.25, 0.3) is 11.1 Å². The van der Waals surface area contributed by atoms with Gasteiger partial charge in [-0.3, -0.25) is 9.78 Å². The second-order valence-corrected chi connectivity index (χ2v) is 7.52. The molecule has 34 heavy (non-hydrogen) atoms. The molecule has 1 saturated heterocycles. The van der Waals surface area contributed by atoms with Crippen molar-refractivity contribution in [3.8, 4) is 16.9 Å². The molecule has 2 aromatic heterocycles. The van der Waals surface area contributed by atoms with Gasteiger partial charge in [0.05, 0.1) is 17.9 Å². The van der Waals surface area contributed by atoms with E-state index in [1.165, 1.54) is 24.5 Å². The number of hydrogen-bond donors (Lipinski definition) is 2. The molecule has 12 heteroatoms. The average molecular weight is 480 g/mol. The van der Waals surface area contributed by atoms with E-state index in [0.29, 0.717) is 42.5 Å². The molecule has 0 spiro atoms. The van der Waals surface area contributed by atoms with Gasteiger partial charge < -0.3 is 20.1 Å². The number of β-amino-alcohol motifs (C(OH)–C–C–N with tert-alkyl or cyclic N) is 1. The van der Waals surface area contributed by atoms with Gasteiger partial charge in [0.15, 0.2) is 11.6 Å². The first-order valence-electron chi connectivity index (χ1n) is 10.00. The summed E-state index contributed by atoms with van der Waals surface area (Å²) >= 11 is 0. The summed E-state index contributed by atoms with van der Waals surface area (Å²) in [5, 5.41) is 12.2. The minimum absolute atomic E-state index is 0.0267. The lowest BCUT2D eigenvalue weighted by molar-refractivity contribution is -0.275. The molecule has 0 aliphatic carbocycles. The summed E-state index contributed by atoms with van der Waals surface area (Å²) in [6.45, 7) is 0.807. The fourth-order valence-corrected chi connectivity index (χ4v) is 3.53. The highest BCUT2D eigenvalue weighted by Crippen LogP contribution is 2.32. The summed E-state index contributed by atoms with van der Waals surface area (Å²) in [4.78, 5) is 22.7. The first-order chi connectivity index (χ1) is 16.1. The number of carbonyl (C=O) groups excluding carboxylic acids is 1.